The van der Waals surface area contributed by atoms with Gasteiger partial charge >= 0.3 is 0 Å². The van der Waals surface area contributed by atoms with E-state index in [0.717, 1.165) is 0 Å². The van der Waals surface area contributed by atoms with Crippen LogP contribution in [0.1, 0.15) is 12.8 Å². The van der Waals surface area contributed by atoms with Crippen LogP contribution in [0.25, 0.3) is 0 Å². The highest BCUT2D eigenvalue weighted by Gasteiger charge is 2.24. The lowest BCUT2D eigenvalue weighted by Crippen LogP contribution is -2.58. The van der Waals surface area contributed by atoms with E-state index in [1.54, 1.807) is 7.05 Å². The first-order chi connectivity index (χ1) is 8.52. The summed E-state index contributed by atoms with van der Waals surface area (Å²) in [6.45, 7) is 0.417. The highest BCUT2D eigenvalue weighted by molar-refractivity contribution is 8.00. The Morgan fingerprint density at radius 1 is 1.72 bits per heavy atom. The monoisotopic (exact) mass is 271 g/mol. The lowest BCUT2D eigenvalue weighted by atomic mass is 10.3. The van der Waals surface area contributed by atoms with Gasteiger partial charge in [0.2, 0.25) is 11.8 Å². The van der Waals surface area contributed by atoms with Crippen molar-refractivity contribution in [2.45, 2.75) is 24.5 Å². The molecule has 2 atom stereocenters. The number of carbonyl (C=O) groups excluding carboxylic acids is 2. The maximum Gasteiger partial charge on any atom is 0.232 e. The van der Waals surface area contributed by atoms with Crippen LogP contribution in [0, 0.1) is 11.3 Å². The average molecular weight is 271 g/mol. The molecule has 0 bridgehead atoms. The second kappa shape index (κ2) is 7.20. The van der Waals surface area contributed by atoms with E-state index in [1.807, 2.05) is 6.07 Å². The second-order valence-electron chi connectivity index (χ2n) is 3.96. The van der Waals surface area contributed by atoms with E-state index in [2.05, 4.69) is 10.6 Å². The van der Waals surface area contributed by atoms with Crippen LogP contribution in [0.2, 0.25) is 0 Å². The maximum atomic E-state index is 11.7. The van der Waals surface area contributed by atoms with Gasteiger partial charge in [-0.25, -0.2) is 0 Å². The third-order valence-corrected chi connectivity index (χ3v) is 3.42. The van der Waals surface area contributed by atoms with E-state index < -0.39 is 0 Å². The molecule has 1 rings (SSSR count). The number of carbonyl (C=O) groups is 2. The van der Waals surface area contributed by atoms with Gasteiger partial charge in [-0.05, 0) is 0 Å². The lowest BCUT2D eigenvalue weighted by Gasteiger charge is -2.29. The minimum Gasteiger partial charge on any atom is -0.344 e. The lowest BCUT2D eigenvalue weighted by molar-refractivity contribution is -0.127. The Morgan fingerprint density at radius 2 is 2.44 bits per heavy atom. The summed E-state index contributed by atoms with van der Waals surface area (Å²) < 4.78 is 0. The van der Waals surface area contributed by atoms with Gasteiger partial charge in [0, 0.05) is 13.6 Å². The van der Waals surface area contributed by atoms with E-state index >= 15 is 0 Å². The Hall–Kier alpha value is -1.30. The minimum absolute atomic E-state index is 0.0783. The maximum absolute atomic E-state index is 11.7. The summed E-state index contributed by atoms with van der Waals surface area (Å²) in [5.41, 5.74) is 5.29. The zero-order chi connectivity index (χ0) is 13.5. The number of nitrogens with zero attached hydrogens (tertiary/aromatic N) is 2. The predicted molar refractivity (Wildman–Crippen MR) is 68.0 cm³/mol. The van der Waals surface area contributed by atoms with Crippen molar-refractivity contribution in [1.29, 1.82) is 5.26 Å². The molecule has 1 saturated heterocycles. The Kier molecular flexibility index (Phi) is 5.91. The highest BCUT2D eigenvalue weighted by atomic mass is 32.2. The first kappa shape index (κ1) is 14.8. The van der Waals surface area contributed by atoms with Crippen LogP contribution in [0.3, 0.4) is 0 Å². The van der Waals surface area contributed by atoms with Crippen molar-refractivity contribution in [1.82, 2.24) is 15.5 Å². The van der Waals surface area contributed by atoms with Crippen molar-refractivity contribution < 1.29 is 9.59 Å². The Balaban J connectivity index is 2.29. The molecule has 2 unspecified atom stereocenters. The molecule has 1 aliphatic heterocycles. The predicted octanol–water partition coefficient (Wildman–Crippen LogP) is -1.23. The van der Waals surface area contributed by atoms with Gasteiger partial charge in [0.15, 0.2) is 0 Å². The number of rotatable bonds is 5. The minimum atomic E-state index is -0.373. The summed E-state index contributed by atoms with van der Waals surface area (Å²) in [5.74, 6) is 0.0292. The smallest absolute Gasteiger partial charge is 0.232 e. The summed E-state index contributed by atoms with van der Waals surface area (Å²) in [4.78, 5) is 24.4. The molecule has 1 heterocycles. The second-order valence-corrected chi connectivity index (χ2v) is 5.05. The van der Waals surface area contributed by atoms with Crippen LogP contribution in [-0.2, 0) is 9.59 Å². The third-order valence-electron chi connectivity index (χ3n) is 2.42. The molecule has 0 saturated carbocycles. The number of nitrogens with two attached hydrogens (primary N) is 1. The van der Waals surface area contributed by atoms with Crippen molar-refractivity contribution in [2.75, 3.05) is 19.3 Å². The van der Waals surface area contributed by atoms with Crippen LogP contribution >= 0.6 is 11.8 Å². The number of nitriles is 1. The molecule has 8 heteroatoms. The number of nitrogens with one attached hydrogen (secondary N) is 2. The molecule has 0 radical (unpaired) electrons. The Labute approximate surface area is 110 Å². The SMILES string of the molecule is CN(CCC#N)C(=O)CSC1NC(=O)CC(N)N1. The summed E-state index contributed by atoms with van der Waals surface area (Å²) in [6.07, 6.45) is 0.186. The zero-order valence-corrected chi connectivity index (χ0v) is 11.0. The van der Waals surface area contributed by atoms with Crippen LogP contribution in [0.15, 0.2) is 0 Å². The largest absolute Gasteiger partial charge is 0.344 e. The van der Waals surface area contributed by atoms with E-state index in [0.29, 0.717) is 13.0 Å². The van der Waals surface area contributed by atoms with Crippen LogP contribution in [0.4, 0.5) is 0 Å². The molecule has 0 aromatic carbocycles. The van der Waals surface area contributed by atoms with Gasteiger partial charge in [-0.15, -0.1) is 11.8 Å². The van der Waals surface area contributed by atoms with Crippen molar-refractivity contribution in [3.8, 4) is 6.07 Å². The molecule has 18 heavy (non-hydrogen) atoms. The molecule has 0 aromatic rings. The molecule has 0 spiro atoms. The molecule has 1 fully saturated rings. The molecule has 0 aromatic heterocycles. The third kappa shape index (κ3) is 4.91. The van der Waals surface area contributed by atoms with Crippen molar-refractivity contribution in [3.63, 3.8) is 0 Å². The van der Waals surface area contributed by atoms with E-state index in [4.69, 9.17) is 11.0 Å². The Bertz CT molecular complexity index is 357. The van der Waals surface area contributed by atoms with Gasteiger partial charge in [0.05, 0.1) is 30.8 Å². The molecule has 2 amide bonds. The molecular formula is C10H17N5O2S. The van der Waals surface area contributed by atoms with Gasteiger partial charge in [0.1, 0.15) is 5.50 Å². The molecule has 4 N–H and O–H groups in total. The Morgan fingerprint density at radius 3 is 3.06 bits per heavy atom. The quantitative estimate of drug-likeness (QED) is 0.577. The standard InChI is InChI=1S/C10H17N5O2S/c1-15(4-2-3-11)9(17)6-18-10-13-7(12)5-8(16)14-10/h7,10,13H,2,4-6,12H2,1H3,(H,14,16). The summed E-state index contributed by atoms with van der Waals surface area (Å²) in [7, 11) is 1.65. The summed E-state index contributed by atoms with van der Waals surface area (Å²) in [5, 5.41) is 14.1. The first-order valence-corrected chi connectivity index (χ1v) is 6.61. The zero-order valence-electron chi connectivity index (χ0n) is 10.2. The first-order valence-electron chi connectivity index (χ1n) is 5.56. The molecule has 100 valence electrons. The fourth-order valence-corrected chi connectivity index (χ4v) is 2.41. The number of hydrogen-bond acceptors (Lipinski definition) is 6. The van der Waals surface area contributed by atoms with Crippen LogP contribution in [0.5, 0.6) is 0 Å². The van der Waals surface area contributed by atoms with Gasteiger partial charge in [-0.2, -0.15) is 5.26 Å². The van der Waals surface area contributed by atoms with Crippen molar-refractivity contribution in [3.05, 3.63) is 0 Å². The molecule has 0 aliphatic carbocycles. The fourth-order valence-electron chi connectivity index (χ4n) is 1.40. The number of hydrogen-bond donors (Lipinski definition) is 3. The van der Waals surface area contributed by atoms with Crippen LogP contribution in [-0.4, -0.2) is 47.7 Å². The van der Waals surface area contributed by atoms with E-state index in [-0.39, 0.29) is 35.7 Å². The summed E-state index contributed by atoms with van der Waals surface area (Å²) in [6, 6.07) is 1.98. The summed E-state index contributed by atoms with van der Waals surface area (Å²) >= 11 is 1.28. The van der Waals surface area contributed by atoms with Gasteiger partial charge in [0.25, 0.3) is 0 Å². The molecule has 7 nitrogen and oxygen atoms in total. The number of amides is 2. The highest BCUT2D eigenvalue weighted by Crippen LogP contribution is 2.11. The van der Waals surface area contributed by atoms with Gasteiger partial charge in [-0.3, -0.25) is 14.9 Å². The van der Waals surface area contributed by atoms with Gasteiger partial charge < -0.3 is 16.0 Å². The molecule has 1 aliphatic rings. The normalized spacial score (nSPS) is 23.1. The van der Waals surface area contributed by atoms with Crippen LogP contribution < -0.4 is 16.4 Å². The van der Waals surface area contributed by atoms with E-state index in [9.17, 15) is 9.59 Å². The number of thioether (sulfide) groups is 1. The topological polar surface area (TPSA) is 111 Å². The van der Waals surface area contributed by atoms with E-state index in [1.165, 1.54) is 16.7 Å². The fraction of sp³-hybridized carbons (Fsp3) is 0.700. The molecular weight excluding hydrogens is 254 g/mol. The average Bonchev–Trinajstić information content (AvgIpc) is 2.31. The van der Waals surface area contributed by atoms with Gasteiger partial charge in [-0.1, -0.05) is 0 Å². The van der Waals surface area contributed by atoms with Crippen molar-refractivity contribution in [2.24, 2.45) is 5.73 Å². The van der Waals surface area contributed by atoms with Crippen molar-refractivity contribution >= 4 is 23.6 Å².